The van der Waals surface area contributed by atoms with Gasteiger partial charge in [-0.05, 0) is 55.5 Å². The van der Waals surface area contributed by atoms with Gasteiger partial charge in [0.25, 0.3) is 5.89 Å². The van der Waals surface area contributed by atoms with E-state index in [2.05, 4.69) is 16.2 Å². The molecule has 36 heavy (non-hydrogen) atoms. The molecule has 5 rings (SSSR count). The smallest absolute Gasteiger partial charge is 0.258 e. The third kappa shape index (κ3) is 4.09. The van der Waals surface area contributed by atoms with Crippen molar-refractivity contribution < 1.29 is 18.8 Å². The molecule has 0 spiro atoms. The molecular formula is C27H27N5O4. The molecule has 9 nitrogen and oxygen atoms in total. The Labute approximate surface area is 209 Å². The van der Waals surface area contributed by atoms with Gasteiger partial charge < -0.3 is 19.1 Å². The second kappa shape index (κ2) is 9.11. The second-order valence-electron chi connectivity index (χ2n) is 9.71. The summed E-state index contributed by atoms with van der Waals surface area (Å²) >= 11 is 0. The van der Waals surface area contributed by atoms with E-state index in [1.807, 2.05) is 32.0 Å². The van der Waals surface area contributed by atoms with E-state index in [4.69, 9.17) is 9.26 Å². The van der Waals surface area contributed by atoms with Crippen LogP contribution < -0.4 is 4.74 Å². The molecule has 2 atom stereocenters. The van der Waals surface area contributed by atoms with Crippen LogP contribution in [0.3, 0.4) is 0 Å². The third-order valence-electron chi connectivity index (χ3n) is 6.72. The quantitative estimate of drug-likeness (QED) is 0.524. The van der Waals surface area contributed by atoms with Crippen LogP contribution in [-0.4, -0.2) is 58.5 Å². The molecule has 0 saturated carbocycles. The number of carbonyl (C=O) groups is 2. The van der Waals surface area contributed by atoms with Gasteiger partial charge in [-0.2, -0.15) is 10.2 Å². The van der Waals surface area contributed by atoms with Crippen molar-refractivity contribution in [3.05, 3.63) is 53.1 Å². The van der Waals surface area contributed by atoms with Crippen LogP contribution in [0, 0.1) is 17.2 Å². The molecular weight excluding hydrogens is 458 g/mol. The molecule has 2 aliphatic rings. The Hall–Kier alpha value is -4.19. The number of rotatable bonds is 6. The van der Waals surface area contributed by atoms with Crippen LogP contribution in [-0.2, 0) is 16.0 Å². The summed E-state index contributed by atoms with van der Waals surface area (Å²) < 4.78 is 11.3. The highest BCUT2D eigenvalue weighted by molar-refractivity contribution is 5.87. The molecule has 0 unspecified atom stereocenters. The van der Waals surface area contributed by atoms with Crippen molar-refractivity contribution in [1.29, 1.82) is 5.26 Å². The largest absolute Gasteiger partial charge is 0.490 e. The SMILES string of the molecule is CC(C)Oc1ccc(-c2nc(-c3cccc4c3C[C@@H]3CC(=O)N(CC(=O)N(C)C)[C@H]43)no2)cc1C#N. The zero-order chi connectivity index (χ0) is 25.6. The number of hydrogen-bond acceptors (Lipinski definition) is 7. The Kier molecular flexibility index (Phi) is 5.96. The van der Waals surface area contributed by atoms with Crippen LogP contribution >= 0.6 is 0 Å². The number of fused-ring (bicyclic) bond motifs is 3. The number of carbonyl (C=O) groups excluding carboxylic acids is 2. The van der Waals surface area contributed by atoms with Gasteiger partial charge in [-0.1, -0.05) is 23.4 Å². The third-order valence-corrected chi connectivity index (χ3v) is 6.72. The Morgan fingerprint density at radius 1 is 1.28 bits per heavy atom. The normalized spacial score (nSPS) is 18.2. The zero-order valence-corrected chi connectivity index (χ0v) is 20.7. The van der Waals surface area contributed by atoms with E-state index in [0.29, 0.717) is 41.4 Å². The molecule has 0 bridgehead atoms. The summed E-state index contributed by atoms with van der Waals surface area (Å²) in [5.41, 5.74) is 3.98. The highest BCUT2D eigenvalue weighted by atomic mass is 16.5. The van der Waals surface area contributed by atoms with Crippen molar-refractivity contribution >= 4 is 11.8 Å². The van der Waals surface area contributed by atoms with E-state index in [1.54, 1.807) is 37.2 Å². The lowest BCUT2D eigenvalue weighted by molar-refractivity contribution is -0.138. The summed E-state index contributed by atoms with van der Waals surface area (Å²) in [5.74, 6) is 1.29. The first-order chi connectivity index (χ1) is 17.3. The summed E-state index contributed by atoms with van der Waals surface area (Å²) in [6.07, 6.45) is 1.07. The topological polar surface area (TPSA) is 113 Å². The van der Waals surface area contributed by atoms with E-state index < -0.39 is 0 Å². The van der Waals surface area contributed by atoms with Gasteiger partial charge in [0.05, 0.1) is 17.7 Å². The van der Waals surface area contributed by atoms with Gasteiger partial charge in [0.1, 0.15) is 18.4 Å². The predicted octanol–water partition coefficient (Wildman–Crippen LogP) is 3.60. The standard InChI is InChI=1S/C27H27N5O4/c1-15(2)35-22-9-8-16(10-18(22)13-28)27-29-26(30-36-27)20-7-5-6-19-21(20)11-17-12-23(33)32(25(17)19)14-24(34)31(3)4/h5-10,15,17,25H,11-12,14H2,1-4H3/t17-,25+/m1/s1. The molecule has 3 aromatic rings. The Morgan fingerprint density at radius 2 is 2.08 bits per heavy atom. The van der Waals surface area contributed by atoms with Crippen LogP contribution in [0.1, 0.15) is 43.0 Å². The highest BCUT2D eigenvalue weighted by Crippen LogP contribution is 2.49. The average Bonchev–Trinajstić information content (AvgIpc) is 3.54. The Morgan fingerprint density at radius 3 is 2.81 bits per heavy atom. The maximum absolute atomic E-state index is 12.7. The van der Waals surface area contributed by atoms with Gasteiger partial charge in [-0.3, -0.25) is 9.59 Å². The van der Waals surface area contributed by atoms with Crippen LogP contribution in [0.15, 0.2) is 40.9 Å². The molecule has 1 fully saturated rings. The summed E-state index contributed by atoms with van der Waals surface area (Å²) in [4.78, 5) is 32.9. The summed E-state index contributed by atoms with van der Waals surface area (Å²) in [5, 5.41) is 13.8. The van der Waals surface area contributed by atoms with Crippen molar-refractivity contribution in [1.82, 2.24) is 19.9 Å². The molecule has 9 heteroatoms. The van der Waals surface area contributed by atoms with Gasteiger partial charge in [0.2, 0.25) is 17.6 Å². The maximum Gasteiger partial charge on any atom is 0.258 e. The summed E-state index contributed by atoms with van der Waals surface area (Å²) in [6, 6.07) is 13.1. The van der Waals surface area contributed by atoms with Crippen molar-refractivity contribution in [3.63, 3.8) is 0 Å². The molecule has 2 heterocycles. The van der Waals surface area contributed by atoms with E-state index in [1.165, 1.54) is 4.90 Å². The minimum atomic E-state index is -0.130. The van der Waals surface area contributed by atoms with Gasteiger partial charge in [-0.15, -0.1) is 0 Å². The van der Waals surface area contributed by atoms with Crippen LogP contribution in [0.4, 0.5) is 0 Å². The molecule has 0 N–H and O–H groups in total. The molecule has 1 aliphatic carbocycles. The number of amides is 2. The van der Waals surface area contributed by atoms with Crippen molar-refractivity contribution in [3.8, 4) is 34.7 Å². The van der Waals surface area contributed by atoms with Gasteiger partial charge in [-0.25, -0.2) is 0 Å². The molecule has 0 radical (unpaired) electrons. The lowest BCUT2D eigenvalue weighted by atomic mass is 10.0. The first kappa shape index (κ1) is 23.5. The van der Waals surface area contributed by atoms with E-state index in [-0.39, 0.29) is 36.4 Å². The number of likely N-dealkylation sites (N-methyl/N-ethyl adjacent to an activating group) is 1. The van der Waals surface area contributed by atoms with Gasteiger partial charge >= 0.3 is 0 Å². The fourth-order valence-electron chi connectivity index (χ4n) is 5.08. The molecule has 2 amide bonds. The number of aromatic nitrogens is 2. The van der Waals surface area contributed by atoms with Gasteiger partial charge in [0.15, 0.2) is 0 Å². The fraction of sp³-hybridized carbons (Fsp3) is 0.370. The predicted molar refractivity (Wildman–Crippen MR) is 131 cm³/mol. The number of nitrogens with zero attached hydrogens (tertiary/aromatic N) is 5. The van der Waals surface area contributed by atoms with Crippen molar-refractivity contribution in [2.45, 2.75) is 38.8 Å². The average molecular weight is 486 g/mol. The van der Waals surface area contributed by atoms with Crippen molar-refractivity contribution in [2.75, 3.05) is 20.6 Å². The first-order valence-corrected chi connectivity index (χ1v) is 11.9. The maximum atomic E-state index is 12.7. The van der Waals surface area contributed by atoms with Crippen LogP contribution in [0.5, 0.6) is 5.75 Å². The number of benzene rings is 2. The van der Waals surface area contributed by atoms with E-state index in [9.17, 15) is 14.9 Å². The van der Waals surface area contributed by atoms with Crippen LogP contribution in [0.25, 0.3) is 22.8 Å². The van der Waals surface area contributed by atoms with Gasteiger partial charge in [0, 0.05) is 31.6 Å². The zero-order valence-electron chi connectivity index (χ0n) is 20.7. The Balaban J connectivity index is 1.45. The fourth-order valence-corrected chi connectivity index (χ4v) is 5.08. The summed E-state index contributed by atoms with van der Waals surface area (Å²) in [6.45, 7) is 3.88. The van der Waals surface area contributed by atoms with E-state index in [0.717, 1.165) is 16.7 Å². The first-order valence-electron chi connectivity index (χ1n) is 11.9. The minimum absolute atomic E-state index is 0.0105. The molecule has 1 saturated heterocycles. The molecule has 1 aromatic heterocycles. The van der Waals surface area contributed by atoms with Crippen LogP contribution in [0.2, 0.25) is 0 Å². The summed E-state index contributed by atoms with van der Waals surface area (Å²) in [7, 11) is 3.39. The monoisotopic (exact) mass is 485 g/mol. The number of likely N-dealkylation sites (tertiary alicyclic amines) is 1. The molecule has 184 valence electrons. The number of nitriles is 1. The second-order valence-corrected chi connectivity index (χ2v) is 9.71. The van der Waals surface area contributed by atoms with E-state index >= 15 is 0 Å². The van der Waals surface area contributed by atoms with Crippen molar-refractivity contribution in [2.24, 2.45) is 5.92 Å². The molecule has 2 aromatic carbocycles. The molecule has 1 aliphatic heterocycles. The highest BCUT2D eigenvalue weighted by Gasteiger charge is 2.47. The minimum Gasteiger partial charge on any atom is -0.490 e. The lowest BCUT2D eigenvalue weighted by Crippen LogP contribution is -2.38. The lowest BCUT2D eigenvalue weighted by Gasteiger charge is -2.26. The number of hydrogen-bond donors (Lipinski definition) is 0. The Bertz CT molecular complexity index is 1390. The number of ether oxygens (including phenoxy) is 1.